The average molecular weight is 356 g/mol. The highest BCUT2D eigenvalue weighted by Crippen LogP contribution is 2.55. The number of urea groups is 1. The van der Waals surface area contributed by atoms with E-state index < -0.39 is 0 Å². The molecular weight excluding hydrogens is 332 g/mol. The van der Waals surface area contributed by atoms with Crippen LogP contribution in [0.15, 0.2) is 22.8 Å². The highest BCUT2D eigenvalue weighted by atomic mass is 16.3. The molecular formula is C19H24N4O3. The van der Waals surface area contributed by atoms with Crippen molar-refractivity contribution >= 4 is 23.0 Å². The molecule has 0 unspecified atom stereocenters. The molecule has 0 spiro atoms. The van der Waals surface area contributed by atoms with E-state index in [9.17, 15) is 9.59 Å². The molecule has 26 heavy (non-hydrogen) atoms. The van der Waals surface area contributed by atoms with Gasteiger partial charge in [0.15, 0.2) is 5.58 Å². The number of nitrogens with one attached hydrogen (secondary N) is 3. The fraction of sp³-hybridized carbons (Fsp3) is 0.579. The van der Waals surface area contributed by atoms with Gasteiger partial charge in [-0.05, 0) is 56.3 Å². The number of rotatable bonds is 2. The van der Waals surface area contributed by atoms with Gasteiger partial charge in [0.05, 0.1) is 11.8 Å². The molecule has 4 aliphatic carbocycles. The molecule has 0 aliphatic heterocycles. The SMILES string of the molecule is Cn1c(C(=O)NNC(=O)NC23CC4CC(CC(C4)C2)C3)cc2occc21. The highest BCUT2D eigenvalue weighted by molar-refractivity contribution is 5.98. The van der Waals surface area contributed by atoms with Crippen molar-refractivity contribution in [3.63, 3.8) is 0 Å². The van der Waals surface area contributed by atoms with Gasteiger partial charge in [-0.25, -0.2) is 10.2 Å². The van der Waals surface area contributed by atoms with Gasteiger partial charge in [-0.1, -0.05) is 0 Å². The number of aromatic nitrogens is 1. The first-order valence-corrected chi connectivity index (χ1v) is 9.43. The Hall–Kier alpha value is -2.44. The number of hydrogen-bond acceptors (Lipinski definition) is 3. The van der Waals surface area contributed by atoms with E-state index in [1.807, 2.05) is 0 Å². The maximum Gasteiger partial charge on any atom is 0.333 e. The van der Waals surface area contributed by atoms with Crippen molar-refractivity contribution in [1.82, 2.24) is 20.7 Å². The summed E-state index contributed by atoms with van der Waals surface area (Å²) in [4.78, 5) is 24.8. The Balaban J connectivity index is 1.22. The zero-order valence-corrected chi connectivity index (χ0v) is 14.9. The van der Waals surface area contributed by atoms with Gasteiger partial charge >= 0.3 is 6.03 Å². The van der Waals surface area contributed by atoms with E-state index in [1.54, 1.807) is 30.0 Å². The second-order valence-electron chi connectivity index (χ2n) is 8.49. The predicted octanol–water partition coefficient (Wildman–Crippen LogP) is 2.68. The third-order valence-electron chi connectivity index (χ3n) is 6.60. The smallest absolute Gasteiger partial charge is 0.333 e. The van der Waals surface area contributed by atoms with Crippen LogP contribution in [0.5, 0.6) is 0 Å². The molecule has 3 N–H and O–H groups in total. The lowest BCUT2D eigenvalue weighted by Gasteiger charge is -2.56. The molecule has 4 aliphatic rings. The Morgan fingerprint density at radius 3 is 2.38 bits per heavy atom. The predicted molar refractivity (Wildman–Crippen MR) is 95.2 cm³/mol. The number of nitrogens with zero attached hydrogens (tertiary/aromatic N) is 1. The standard InChI is InChI=1S/C19H24N4O3/c1-23-14-2-3-26-16(14)7-15(23)17(24)21-22-18(25)20-19-8-11-4-12(9-19)6-13(5-11)10-19/h2-3,7,11-13H,4-6,8-10H2,1H3,(H,21,24)(H2,20,22,25). The lowest BCUT2D eigenvalue weighted by Crippen LogP contribution is -2.62. The van der Waals surface area contributed by atoms with Gasteiger partial charge in [0.25, 0.3) is 5.91 Å². The molecule has 138 valence electrons. The van der Waals surface area contributed by atoms with E-state index in [2.05, 4.69) is 16.2 Å². The second-order valence-corrected chi connectivity index (χ2v) is 8.49. The van der Waals surface area contributed by atoms with Crippen molar-refractivity contribution in [2.75, 3.05) is 0 Å². The van der Waals surface area contributed by atoms with Crippen molar-refractivity contribution < 1.29 is 14.0 Å². The largest absolute Gasteiger partial charge is 0.463 e. The Morgan fingerprint density at radius 2 is 1.77 bits per heavy atom. The van der Waals surface area contributed by atoms with Crippen LogP contribution in [0.4, 0.5) is 4.79 Å². The van der Waals surface area contributed by atoms with Gasteiger partial charge in [-0.3, -0.25) is 10.2 Å². The molecule has 6 rings (SSSR count). The third-order valence-corrected chi connectivity index (χ3v) is 6.60. The number of amides is 3. The third kappa shape index (κ3) is 2.48. The monoisotopic (exact) mass is 356 g/mol. The van der Waals surface area contributed by atoms with E-state index in [4.69, 9.17) is 4.42 Å². The number of carbonyl (C=O) groups is 2. The van der Waals surface area contributed by atoms with Gasteiger partial charge in [0.2, 0.25) is 0 Å². The summed E-state index contributed by atoms with van der Waals surface area (Å²) in [5, 5.41) is 3.18. The topological polar surface area (TPSA) is 88.3 Å². The van der Waals surface area contributed by atoms with Crippen molar-refractivity contribution in [3.05, 3.63) is 24.1 Å². The fourth-order valence-corrected chi connectivity index (χ4v) is 5.98. The quantitative estimate of drug-likeness (QED) is 0.723. The number of hydrazine groups is 1. The summed E-state index contributed by atoms with van der Waals surface area (Å²) >= 11 is 0. The first-order valence-electron chi connectivity index (χ1n) is 9.43. The second kappa shape index (κ2) is 5.53. The average Bonchev–Trinajstić information content (AvgIpc) is 3.14. The molecule has 4 fully saturated rings. The van der Waals surface area contributed by atoms with Crippen LogP contribution >= 0.6 is 0 Å². The summed E-state index contributed by atoms with van der Waals surface area (Å²) in [6.07, 6.45) is 8.80. The lowest BCUT2D eigenvalue weighted by molar-refractivity contribution is -0.0137. The number of fused-ring (bicyclic) bond motifs is 1. The Bertz CT molecular complexity index is 845. The Kier molecular flexibility index (Phi) is 3.36. The molecule has 2 heterocycles. The molecule has 0 saturated heterocycles. The fourth-order valence-electron chi connectivity index (χ4n) is 5.98. The number of carbonyl (C=O) groups excluding carboxylic acids is 2. The number of aryl methyl sites for hydroxylation is 1. The molecule has 2 aromatic heterocycles. The summed E-state index contributed by atoms with van der Waals surface area (Å²) in [5.74, 6) is 1.92. The van der Waals surface area contributed by atoms with Crippen molar-refractivity contribution in [2.45, 2.75) is 44.1 Å². The van der Waals surface area contributed by atoms with Crippen molar-refractivity contribution in [2.24, 2.45) is 24.8 Å². The van der Waals surface area contributed by atoms with E-state index >= 15 is 0 Å². The van der Waals surface area contributed by atoms with Crippen LogP contribution in [0.3, 0.4) is 0 Å². The number of furan rings is 1. The van der Waals surface area contributed by atoms with Crippen LogP contribution in [0.1, 0.15) is 49.0 Å². The zero-order chi connectivity index (χ0) is 17.9. The molecule has 7 heteroatoms. The molecule has 3 amide bonds. The van der Waals surface area contributed by atoms with Crippen LogP contribution in [0.25, 0.3) is 11.1 Å². The first kappa shape index (κ1) is 15.8. The minimum Gasteiger partial charge on any atom is -0.463 e. The van der Waals surface area contributed by atoms with Crippen LogP contribution in [0.2, 0.25) is 0 Å². The minimum absolute atomic E-state index is 0.0751. The van der Waals surface area contributed by atoms with Gasteiger partial charge in [0.1, 0.15) is 5.69 Å². The van der Waals surface area contributed by atoms with E-state index in [0.29, 0.717) is 11.3 Å². The molecule has 2 aromatic rings. The normalized spacial score (nSPS) is 32.0. The Labute approximate surface area is 151 Å². The minimum atomic E-state index is -0.362. The molecule has 7 nitrogen and oxygen atoms in total. The summed E-state index contributed by atoms with van der Waals surface area (Å²) in [6.45, 7) is 0. The summed E-state index contributed by atoms with van der Waals surface area (Å²) < 4.78 is 7.06. The van der Waals surface area contributed by atoms with Gasteiger partial charge in [-0.15, -0.1) is 0 Å². The van der Waals surface area contributed by atoms with Gasteiger partial charge in [0, 0.05) is 24.7 Å². The van der Waals surface area contributed by atoms with Crippen LogP contribution in [-0.2, 0) is 7.05 Å². The summed E-state index contributed by atoms with van der Waals surface area (Å²) in [6, 6.07) is 3.15. The van der Waals surface area contributed by atoms with Gasteiger partial charge < -0.3 is 14.3 Å². The van der Waals surface area contributed by atoms with Gasteiger partial charge in [-0.2, -0.15) is 0 Å². The maximum absolute atomic E-state index is 12.4. The van der Waals surface area contributed by atoms with Crippen molar-refractivity contribution in [1.29, 1.82) is 0 Å². The zero-order valence-electron chi connectivity index (χ0n) is 14.9. The maximum atomic E-state index is 12.4. The molecule has 4 bridgehead atoms. The summed E-state index contributed by atoms with van der Waals surface area (Å²) in [5.41, 5.74) is 6.89. The molecule has 0 atom stereocenters. The first-order chi connectivity index (χ1) is 12.5. The van der Waals surface area contributed by atoms with Crippen LogP contribution in [0, 0.1) is 17.8 Å². The Morgan fingerprint density at radius 1 is 1.12 bits per heavy atom. The van der Waals surface area contributed by atoms with E-state index in [1.165, 1.54) is 19.3 Å². The van der Waals surface area contributed by atoms with Crippen LogP contribution < -0.4 is 16.2 Å². The van der Waals surface area contributed by atoms with E-state index in [-0.39, 0.29) is 17.5 Å². The molecule has 0 aromatic carbocycles. The highest BCUT2D eigenvalue weighted by Gasteiger charge is 2.51. The van der Waals surface area contributed by atoms with Crippen molar-refractivity contribution in [3.8, 4) is 0 Å². The molecule has 0 radical (unpaired) electrons. The number of hydrogen-bond donors (Lipinski definition) is 3. The lowest BCUT2D eigenvalue weighted by atomic mass is 9.53. The van der Waals surface area contributed by atoms with Crippen LogP contribution in [-0.4, -0.2) is 22.0 Å². The molecule has 4 saturated carbocycles. The summed E-state index contributed by atoms with van der Waals surface area (Å²) in [7, 11) is 1.79. The van der Waals surface area contributed by atoms with E-state index in [0.717, 1.165) is 42.5 Å².